The summed E-state index contributed by atoms with van der Waals surface area (Å²) in [4.78, 5) is 6.82. The zero-order valence-corrected chi connectivity index (χ0v) is 11.5. The molecule has 0 saturated carbocycles. The molecule has 1 aliphatic rings. The predicted octanol–water partition coefficient (Wildman–Crippen LogP) is 2.48. The van der Waals surface area contributed by atoms with E-state index < -0.39 is 0 Å². The third-order valence-electron chi connectivity index (χ3n) is 3.21. The van der Waals surface area contributed by atoms with E-state index in [9.17, 15) is 0 Å². The van der Waals surface area contributed by atoms with Crippen LogP contribution in [0, 0.1) is 0 Å². The predicted molar refractivity (Wildman–Crippen MR) is 68.7 cm³/mol. The number of aromatic nitrogens is 1. The van der Waals surface area contributed by atoms with Gasteiger partial charge in [-0.25, -0.2) is 4.98 Å². The summed E-state index contributed by atoms with van der Waals surface area (Å²) in [6.45, 7) is 4.48. The molecule has 2 rings (SSSR count). The molecule has 2 heterocycles. The third kappa shape index (κ3) is 2.52. The first kappa shape index (κ1) is 11.4. The molecule has 0 spiro atoms. The maximum absolute atomic E-state index is 4.45. The lowest BCUT2D eigenvalue weighted by Crippen LogP contribution is -2.50. The van der Waals surface area contributed by atoms with Crippen molar-refractivity contribution in [3.05, 3.63) is 9.98 Å². The van der Waals surface area contributed by atoms with Gasteiger partial charge >= 0.3 is 0 Å². The lowest BCUT2D eigenvalue weighted by molar-refractivity contribution is 0.305. The topological polar surface area (TPSA) is 28.2 Å². The van der Waals surface area contributed by atoms with E-state index in [-0.39, 0.29) is 0 Å². The fourth-order valence-corrected chi connectivity index (χ4v) is 3.14. The van der Waals surface area contributed by atoms with Gasteiger partial charge in [0, 0.05) is 24.0 Å². The molecule has 0 unspecified atom stereocenters. The molecule has 0 radical (unpaired) electrons. The summed E-state index contributed by atoms with van der Waals surface area (Å²) in [7, 11) is 2.05. The van der Waals surface area contributed by atoms with Crippen molar-refractivity contribution in [3.63, 3.8) is 0 Å². The van der Waals surface area contributed by atoms with Crippen molar-refractivity contribution in [1.82, 2.24) is 10.3 Å². The van der Waals surface area contributed by atoms with Crippen molar-refractivity contribution in [2.45, 2.75) is 25.3 Å². The number of halogens is 1. The van der Waals surface area contributed by atoms with Crippen LogP contribution in [-0.2, 0) is 0 Å². The van der Waals surface area contributed by atoms with Gasteiger partial charge in [-0.05, 0) is 42.7 Å². The fourth-order valence-electron chi connectivity index (χ4n) is 1.83. The number of rotatable bonds is 2. The van der Waals surface area contributed by atoms with E-state index in [1.807, 2.05) is 5.38 Å². The molecule has 1 aromatic heterocycles. The highest BCUT2D eigenvalue weighted by molar-refractivity contribution is 9.10. The Balaban J connectivity index is 1.99. The number of thiazole rings is 1. The second-order valence-electron chi connectivity index (χ2n) is 4.25. The minimum absolute atomic E-state index is 0.311. The largest absolute Gasteiger partial charge is 0.348 e. The second kappa shape index (κ2) is 4.39. The molecular weight excluding hydrogens is 274 g/mol. The second-order valence-corrected chi connectivity index (χ2v) is 5.90. The maximum Gasteiger partial charge on any atom is 0.186 e. The van der Waals surface area contributed by atoms with Crippen molar-refractivity contribution in [3.8, 4) is 0 Å². The summed E-state index contributed by atoms with van der Waals surface area (Å²) >= 11 is 5.11. The fraction of sp³-hybridized carbons (Fsp3) is 0.700. The molecule has 84 valence electrons. The van der Waals surface area contributed by atoms with Crippen LogP contribution in [0.3, 0.4) is 0 Å². The van der Waals surface area contributed by atoms with Crippen LogP contribution in [-0.4, -0.2) is 30.7 Å². The van der Waals surface area contributed by atoms with Crippen molar-refractivity contribution >= 4 is 32.4 Å². The Labute approximate surface area is 103 Å². The van der Waals surface area contributed by atoms with Gasteiger partial charge in [-0.3, -0.25) is 0 Å². The van der Waals surface area contributed by atoms with Gasteiger partial charge in [0.1, 0.15) is 4.60 Å². The van der Waals surface area contributed by atoms with Crippen LogP contribution in [0.5, 0.6) is 0 Å². The summed E-state index contributed by atoms with van der Waals surface area (Å²) < 4.78 is 0.949. The normalized spacial score (nSPS) is 20.6. The molecule has 3 nitrogen and oxygen atoms in total. The van der Waals surface area contributed by atoms with E-state index in [2.05, 4.69) is 45.1 Å². The number of hydrogen-bond acceptors (Lipinski definition) is 4. The third-order valence-corrected chi connectivity index (χ3v) is 4.82. The van der Waals surface area contributed by atoms with E-state index in [1.165, 1.54) is 12.8 Å². The Kier molecular flexibility index (Phi) is 3.33. The molecule has 0 atom stereocenters. The maximum atomic E-state index is 4.45. The van der Waals surface area contributed by atoms with Crippen LogP contribution in [0.4, 0.5) is 5.13 Å². The summed E-state index contributed by atoms with van der Waals surface area (Å²) in [6, 6.07) is 0. The molecule has 0 bridgehead atoms. The molecular formula is C10H16BrN3S. The van der Waals surface area contributed by atoms with E-state index in [4.69, 9.17) is 0 Å². The summed E-state index contributed by atoms with van der Waals surface area (Å²) in [5, 5.41) is 6.59. The van der Waals surface area contributed by atoms with Crippen LogP contribution in [0.1, 0.15) is 19.8 Å². The Morgan fingerprint density at radius 1 is 1.53 bits per heavy atom. The highest BCUT2D eigenvalue weighted by Crippen LogP contribution is 2.29. The monoisotopic (exact) mass is 289 g/mol. The zero-order chi connectivity index (χ0) is 10.9. The van der Waals surface area contributed by atoms with E-state index in [1.54, 1.807) is 11.3 Å². The summed E-state index contributed by atoms with van der Waals surface area (Å²) in [6.07, 6.45) is 2.36. The highest BCUT2D eigenvalue weighted by atomic mass is 79.9. The number of anilines is 1. The van der Waals surface area contributed by atoms with Crippen LogP contribution in [0.2, 0.25) is 0 Å². The van der Waals surface area contributed by atoms with Gasteiger partial charge in [0.2, 0.25) is 0 Å². The van der Waals surface area contributed by atoms with E-state index in [0.29, 0.717) is 5.54 Å². The quantitative estimate of drug-likeness (QED) is 0.907. The lowest BCUT2D eigenvalue weighted by atomic mass is 9.90. The molecule has 1 aliphatic heterocycles. The van der Waals surface area contributed by atoms with Gasteiger partial charge in [0.25, 0.3) is 0 Å². The highest BCUT2D eigenvalue weighted by Gasteiger charge is 2.29. The van der Waals surface area contributed by atoms with Gasteiger partial charge in [-0.15, -0.1) is 11.3 Å². The number of hydrogen-bond donors (Lipinski definition) is 1. The van der Waals surface area contributed by atoms with Crippen LogP contribution < -0.4 is 10.2 Å². The van der Waals surface area contributed by atoms with Crippen molar-refractivity contribution in [2.75, 3.05) is 25.0 Å². The van der Waals surface area contributed by atoms with Gasteiger partial charge < -0.3 is 10.2 Å². The zero-order valence-electron chi connectivity index (χ0n) is 9.09. The minimum Gasteiger partial charge on any atom is -0.348 e. The van der Waals surface area contributed by atoms with Gasteiger partial charge in [0.05, 0.1) is 0 Å². The molecule has 0 aromatic carbocycles. The first-order valence-electron chi connectivity index (χ1n) is 5.18. The van der Waals surface area contributed by atoms with Gasteiger partial charge in [-0.2, -0.15) is 0 Å². The Bertz CT molecular complexity index is 331. The van der Waals surface area contributed by atoms with Crippen LogP contribution in [0.25, 0.3) is 0 Å². The van der Waals surface area contributed by atoms with Crippen molar-refractivity contribution < 1.29 is 0 Å². The molecule has 5 heteroatoms. The first-order chi connectivity index (χ1) is 7.13. The Morgan fingerprint density at radius 3 is 2.67 bits per heavy atom. The molecule has 1 N–H and O–H groups in total. The van der Waals surface area contributed by atoms with E-state index >= 15 is 0 Å². The Hall–Kier alpha value is -0.130. The van der Waals surface area contributed by atoms with Gasteiger partial charge in [-0.1, -0.05) is 0 Å². The number of nitrogens with one attached hydrogen (secondary N) is 1. The SMILES string of the molecule is CNC1(C)CCN(c2nc(Br)cs2)CC1. The van der Waals surface area contributed by atoms with Crippen molar-refractivity contribution in [2.24, 2.45) is 0 Å². The smallest absolute Gasteiger partial charge is 0.186 e. The molecule has 0 amide bonds. The molecule has 1 saturated heterocycles. The minimum atomic E-state index is 0.311. The van der Waals surface area contributed by atoms with Gasteiger partial charge in [0.15, 0.2) is 5.13 Å². The summed E-state index contributed by atoms with van der Waals surface area (Å²) in [5.74, 6) is 0. The number of nitrogens with zero attached hydrogens (tertiary/aromatic N) is 2. The summed E-state index contributed by atoms with van der Waals surface area (Å²) in [5.41, 5.74) is 0.311. The average Bonchev–Trinajstić information content (AvgIpc) is 2.66. The standard InChI is InChI=1S/C10H16BrN3S/c1-10(12-2)3-5-14(6-4-10)9-13-8(11)7-15-9/h7,12H,3-6H2,1-2H3. The molecule has 0 aliphatic carbocycles. The average molecular weight is 290 g/mol. The van der Waals surface area contributed by atoms with Crippen molar-refractivity contribution in [1.29, 1.82) is 0 Å². The molecule has 15 heavy (non-hydrogen) atoms. The number of piperidine rings is 1. The van der Waals surface area contributed by atoms with Crippen LogP contribution >= 0.6 is 27.3 Å². The Morgan fingerprint density at radius 2 is 2.20 bits per heavy atom. The first-order valence-corrected chi connectivity index (χ1v) is 6.85. The van der Waals surface area contributed by atoms with Crippen LogP contribution in [0.15, 0.2) is 9.98 Å². The molecule has 1 fully saturated rings. The lowest BCUT2D eigenvalue weighted by Gasteiger charge is -2.39. The molecule has 1 aromatic rings. The van der Waals surface area contributed by atoms with E-state index in [0.717, 1.165) is 22.8 Å².